The van der Waals surface area contributed by atoms with Crippen LogP contribution >= 0.6 is 11.8 Å². The number of methoxy groups -OCH3 is 3. The maximum Gasteiger partial charge on any atom is 0.344 e. The molecule has 2 aromatic rings. The summed E-state index contributed by atoms with van der Waals surface area (Å²) in [7, 11) is 4.40. The lowest BCUT2D eigenvalue weighted by Gasteiger charge is -2.06. The molecule has 0 amide bonds. The Morgan fingerprint density at radius 3 is 2.34 bits per heavy atom. The Morgan fingerprint density at radius 2 is 1.76 bits per heavy atom. The summed E-state index contributed by atoms with van der Waals surface area (Å²) in [4.78, 5) is 17.3. The van der Waals surface area contributed by atoms with Gasteiger partial charge in [0.2, 0.25) is 0 Å². The summed E-state index contributed by atoms with van der Waals surface area (Å²) in [6, 6.07) is 12.9. The summed E-state index contributed by atoms with van der Waals surface area (Å²) in [5.41, 5.74) is 2.52. The molecule has 7 heteroatoms. The van der Waals surface area contributed by atoms with Gasteiger partial charge in [-0.1, -0.05) is 23.9 Å². The molecule has 1 heterocycles. The molecule has 1 aliphatic heterocycles. The number of rotatable bonds is 5. The van der Waals surface area contributed by atoms with Crippen molar-refractivity contribution in [1.29, 1.82) is 0 Å². The number of aliphatic hydroxyl groups is 1. The highest BCUT2D eigenvalue weighted by Crippen LogP contribution is 2.40. The van der Waals surface area contributed by atoms with Crippen molar-refractivity contribution in [2.75, 3.05) is 21.3 Å². The van der Waals surface area contributed by atoms with Gasteiger partial charge >= 0.3 is 5.97 Å². The van der Waals surface area contributed by atoms with Crippen molar-refractivity contribution in [3.05, 3.63) is 69.8 Å². The van der Waals surface area contributed by atoms with Crippen LogP contribution in [0.25, 0.3) is 6.08 Å². The smallest absolute Gasteiger partial charge is 0.344 e. The van der Waals surface area contributed by atoms with Crippen LogP contribution in [0.5, 0.6) is 11.5 Å². The number of aryl methyl sites for hydroxylation is 1. The number of esters is 1. The molecule has 29 heavy (non-hydrogen) atoms. The van der Waals surface area contributed by atoms with E-state index in [1.54, 1.807) is 38.5 Å². The highest BCUT2D eigenvalue weighted by molar-refractivity contribution is 8.18. The molecule has 2 aromatic carbocycles. The van der Waals surface area contributed by atoms with Gasteiger partial charge in [0.1, 0.15) is 27.9 Å². The van der Waals surface area contributed by atoms with E-state index in [1.165, 1.54) is 18.9 Å². The molecule has 0 aliphatic carbocycles. The molecule has 6 nitrogen and oxygen atoms in total. The Bertz CT molecular complexity index is 1020. The van der Waals surface area contributed by atoms with Gasteiger partial charge < -0.3 is 19.3 Å². The maximum absolute atomic E-state index is 12.3. The molecule has 150 valence electrons. The van der Waals surface area contributed by atoms with E-state index < -0.39 is 5.97 Å². The monoisotopic (exact) mass is 411 g/mol. The minimum atomic E-state index is -0.645. The average Bonchev–Trinajstić information content (AvgIpc) is 3.01. The van der Waals surface area contributed by atoms with E-state index in [4.69, 9.17) is 14.2 Å². The molecule has 0 fully saturated rings. The third-order valence-corrected chi connectivity index (χ3v) is 5.20. The number of hydrogen-bond acceptors (Lipinski definition) is 7. The summed E-state index contributed by atoms with van der Waals surface area (Å²) in [6.45, 7) is 1.96. The van der Waals surface area contributed by atoms with Gasteiger partial charge in [-0.15, -0.1) is 0 Å². The van der Waals surface area contributed by atoms with Gasteiger partial charge in [-0.3, -0.25) is 0 Å². The van der Waals surface area contributed by atoms with Crippen molar-refractivity contribution in [3.8, 4) is 11.5 Å². The third-order valence-electron chi connectivity index (χ3n) is 4.18. The Labute approximate surface area is 173 Å². The first-order chi connectivity index (χ1) is 13.9. The first kappa shape index (κ1) is 20.5. The number of benzene rings is 2. The number of carbonyl (C=O) groups excluding carboxylic acids is 1. The zero-order chi connectivity index (χ0) is 21.0. The van der Waals surface area contributed by atoms with Crippen LogP contribution in [-0.2, 0) is 9.53 Å². The molecule has 0 spiro atoms. The highest BCUT2D eigenvalue weighted by Gasteiger charge is 2.33. The average molecular weight is 411 g/mol. The second-order valence-electron chi connectivity index (χ2n) is 6.23. The number of hydrogen-bond donors (Lipinski definition) is 1. The number of nitrogens with zero attached hydrogens (tertiary/aromatic N) is 1. The van der Waals surface area contributed by atoms with Crippen LogP contribution in [0.2, 0.25) is 0 Å². The van der Waals surface area contributed by atoms with Crippen LogP contribution in [0.15, 0.2) is 63.7 Å². The number of thioether (sulfide) groups is 1. The van der Waals surface area contributed by atoms with Crippen LogP contribution in [-0.4, -0.2) is 37.4 Å². The van der Waals surface area contributed by atoms with E-state index in [1.807, 2.05) is 31.2 Å². The Hall–Kier alpha value is -3.19. The molecular formula is C22H21NO5S. The largest absolute Gasteiger partial charge is 0.506 e. The Morgan fingerprint density at radius 1 is 1.07 bits per heavy atom. The molecule has 3 rings (SSSR count). The predicted octanol–water partition coefficient (Wildman–Crippen LogP) is 4.82. The number of aliphatic hydroxyl groups excluding tert-OH is 1. The van der Waals surface area contributed by atoms with Gasteiger partial charge in [0.05, 0.1) is 31.9 Å². The van der Waals surface area contributed by atoms with E-state index in [2.05, 4.69) is 4.99 Å². The van der Waals surface area contributed by atoms with E-state index in [0.717, 1.165) is 11.1 Å². The quantitative estimate of drug-likeness (QED) is 0.711. The van der Waals surface area contributed by atoms with E-state index in [-0.39, 0.29) is 11.3 Å². The molecule has 0 unspecified atom stereocenters. The summed E-state index contributed by atoms with van der Waals surface area (Å²) in [5.74, 6) is 0.414. The van der Waals surface area contributed by atoms with Crippen LogP contribution in [0.4, 0.5) is 5.69 Å². The lowest BCUT2D eigenvalue weighted by molar-refractivity contribution is -0.135. The molecule has 1 N–H and O–H groups in total. The molecule has 0 aromatic heterocycles. The molecule has 0 saturated heterocycles. The Balaban J connectivity index is 2.07. The second kappa shape index (κ2) is 8.87. The van der Waals surface area contributed by atoms with Gasteiger partial charge in [0, 0.05) is 6.07 Å². The van der Waals surface area contributed by atoms with Gasteiger partial charge in [0.15, 0.2) is 0 Å². The van der Waals surface area contributed by atoms with Crippen molar-refractivity contribution < 1.29 is 24.1 Å². The van der Waals surface area contributed by atoms with E-state index in [9.17, 15) is 9.90 Å². The highest BCUT2D eigenvalue weighted by atomic mass is 32.2. The van der Waals surface area contributed by atoms with Crippen molar-refractivity contribution >= 4 is 34.5 Å². The number of carbonyl (C=O) groups is 1. The van der Waals surface area contributed by atoms with Gasteiger partial charge in [-0.2, -0.15) is 0 Å². The summed E-state index contributed by atoms with van der Waals surface area (Å²) in [5, 5.41) is 11.1. The number of ether oxygens (including phenoxy) is 3. The fourth-order valence-corrected chi connectivity index (χ4v) is 3.80. The Kier molecular flexibility index (Phi) is 6.29. The topological polar surface area (TPSA) is 77.4 Å². The van der Waals surface area contributed by atoms with Gasteiger partial charge in [-0.05, 0) is 48.4 Å². The predicted molar refractivity (Wildman–Crippen MR) is 115 cm³/mol. The summed E-state index contributed by atoms with van der Waals surface area (Å²) in [6.07, 6.45) is 1.74. The van der Waals surface area contributed by atoms with Crippen LogP contribution in [0.1, 0.15) is 11.1 Å². The molecule has 0 radical (unpaired) electrons. The summed E-state index contributed by atoms with van der Waals surface area (Å²) >= 11 is 1.20. The maximum atomic E-state index is 12.3. The van der Waals surface area contributed by atoms with Crippen molar-refractivity contribution in [3.63, 3.8) is 0 Å². The minimum absolute atomic E-state index is 0.0418. The molecule has 0 bridgehead atoms. The van der Waals surface area contributed by atoms with Crippen LogP contribution < -0.4 is 9.47 Å². The fourth-order valence-electron chi connectivity index (χ4n) is 2.77. The fraction of sp³-hybridized carbons (Fsp3) is 0.182. The van der Waals surface area contributed by atoms with Gasteiger partial charge in [-0.25, -0.2) is 9.79 Å². The van der Waals surface area contributed by atoms with E-state index in [0.29, 0.717) is 27.1 Å². The normalized spacial score (nSPS) is 16.4. The third kappa shape index (κ3) is 4.63. The van der Waals surface area contributed by atoms with Crippen LogP contribution in [0, 0.1) is 6.92 Å². The molecule has 0 atom stereocenters. The van der Waals surface area contributed by atoms with Crippen molar-refractivity contribution in [2.24, 2.45) is 4.99 Å². The minimum Gasteiger partial charge on any atom is -0.506 e. The summed E-state index contributed by atoms with van der Waals surface area (Å²) < 4.78 is 15.4. The molecule has 0 saturated carbocycles. The zero-order valence-electron chi connectivity index (χ0n) is 16.6. The standard InChI is InChI=1S/C22H21NO5S/c1-13-6-5-7-15(8-13)23-21-19(22(25)28-4)20(24)18(29-21)11-14-9-16(26-2)12-17(10-14)27-3/h5-12,24H,1-4H3/b18-11+,23-21?. The molecule has 1 aliphatic rings. The molecular weight excluding hydrogens is 390 g/mol. The lowest BCUT2D eigenvalue weighted by atomic mass is 10.1. The van der Waals surface area contributed by atoms with Crippen molar-refractivity contribution in [2.45, 2.75) is 6.92 Å². The van der Waals surface area contributed by atoms with Crippen molar-refractivity contribution in [1.82, 2.24) is 0 Å². The van der Waals surface area contributed by atoms with Crippen LogP contribution in [0.3, 0.4) is 0 Å². The SMILES string of the molecule is COC(=O)C1=C(O)/C(=C\c2cc(OC)cc(OC)c2)SC1=Nc1cccc(C)c1. The second-order valence-corrected chi connectivity index (χ2v) is 7.26. The zero-order valence-corrected chi connectivity index (χ0v) is 17.4. The van der Waals surface area contributed by atoms with Gasteiger partial charge in [0.25, 0.3) is 0 Å². The first-order valence-corrected chi connectivity index (χ1v) is 9.57. The number of aliphatic imine (C=N–C) groups is 1. The first-order valence-electron chi connectivity index (χ1n) is 8.75. The lowest BCUT2D eigenvalue weighted by Crippen LogP contribution is -2.10. The van der Waals surface area contributed by atoms with E-state index >= 15 is 0 Å².